The number of nitrogens with zero attached hydrogens (tertiary/aromatic N) is 2. The Balaban J connectivity index is 1.65. The summed E-state index contributed by atoms with van der Waals surface area (Å²) in [6, 6.07) is 7.91. The fourth-order valence-electron chi connectivity index (χ4n) is 3.50. The molecular formula is C21H28N2O6. The molecule has 2 fully saturated rings. The highest BCUT2D eigenvalue weighted by molar-refractivity contribution is 5.89. The van der Waals surface area contributed by atoms with Crippen molar-refractivity contribution in [3.8, 4) is 0 Å². The molecule has 0 aromatic heterocycles. The molecule has 29 heavy (non-hydrogen) atoms. The Morgan fingerprint density at radius 2 is 2.03 bits per heavy atom. The lowest BCUT2D eigenvalue weighted by Crippen LogP contribution is -2.52. The molecule has 0 aliphatic carbocycles. The molecule has 8 nitrogen and oxygen atoms in total. The summed E-state index contributed by atoms with van der Waals surface area (Å²) in [5.74, 6) is -0.856. The van der Waals surface area contributed by atoms with Gasteiger partial charge in [-0.15, -0.1) is 0 Å². The van der Waals surface area contributed by atoms with Crippen molar-refractivity contribution >= 4 is 18.0 Å². The standard InChI is InChI=1S/C21H28N2O6/c1-2-3-13-29-23(18-11-14-27-20(18)25)19(24)17-10-7-12-22(17)21(26)28-15-16-8-5-4-6-9-16/h4-6,8-9,17-18H,2-3,7,10-15H2,1H3/t17-,18-/m0/s1. The van der Waals surface area contributed by atoms with Gasteiger partial charge >= 0.3 is 12.1 Å². The van der Waals surface area contributed by atoms with Crippen LogP contribution in [0.1, 0.15) is 44.6 Å². The van der Waals surface area contributed by atoms with Gasteiger partial charge in [0.05, 0.1) is 13.2 Å². The predicted molar refractivity (Wildman–Crippen MR) is 103 cm³/mol. The van der Waals surface area contributed by atoms with Gasteiger partial charge in [-0.05, 0) is 24.8 Å². The zero-order valence-corrected chi connectivity index (χ0v) is 16.7. The molecular weight excluding hydrogens is 376 g/mol. The van der Waals surface area contributed by atoms with Crippen LogP contribution in [0.5, 0.6) is 0 Å². The number of ether oxygens (including phenoxy) is 2. The third-order valence-corrected chi connectivity index (χ3v) is 5.11. The number of cyclic esters (lactones) is 1. The zero-order chi connectivity index (χ0) is 20.6. The number of carbonyl (C=O) groups is 3. The van der Waals surface area contributed by atoms with E-state index in [1.807, 2.05) is 37.3 Å². The third-order valence-electron chi connectivity index (χ3n) is 5.11. The number of rotatable bonds is 8. The first kappa shape index (κ1) is 21.1. The molecule has 2 atom stereocenters. The van der Waals surface area contributed by atoms with Crippen molar-refractivity contribution < 1.29 is 28.7 Å². The second-order valence-electron chi connectivity index (χ2n) is 7.21. The van der Waals surface area contributed by atoms with Crippen molar-refractivity contribution in [2.24, 2.45) is 0 Å². The van der Waals surface area contributed by atoms with Crippen LogP contribution in [0.3, 0.4) is 0 Å². The second-order valence-corrected chi connectivity index (χ2v) is 7.21. The number of hydroxylamine groups is 2. The number of esters is 1. The van der Waals surface area contributed by atoms with Crippen molar-refractivity contribution in [2.45, 2.75) is 57.7 Å². The predicted octanol–water partition coefficient (Wildman–Crippen LogP) is 2.66. The summed E-state index contributed by atoms with van der Waals surface area (Å²) in [6.07, 6.45) is 2.72. The van der Waals surface area contributed by atoms with Crippen LogP contribution >= 0.6 is 0 Å². The van der Waals surface area contributed by atoms with Crippen LogP contribution in [0.4, 0.5) is 4.79 Å². The number of likely N-dealkylation sites (tertiary alicyclic amines) is 1. The van der Waals surface area contributed by atoms with Gasteiger partial charge in [0.25, 0.3) is 5.91 Å². The van der Waals surface area contributed by atoms with E-state index in [0.29, 0.717) is 32.4 Å². The summed E-state index contributed by atoms with van der Waals surface area (Å²) in [6.45, 7) is 3.18. The maximum absolute atomic E-state index is 13.2. The van der Waals surface area contributed by atoms with Crippen molar-refractivity contribution in [2.75, 3.05) is 19.8 Å². The first-order valence-electron chi connectivity index (χ1n) is 10.2. The van der Waals surface area contributed by atoms with Gasteiger partial charge in [0.2, 0.25) is 0 Å². The van der Waals surface area contributed by atoms with Gasteiger partial charge in [-0.2, -0.15) is 0 Å². The molecule has 158 valence electrons. The first-order chi connectivity index (χ1) is 14.1. The van der Waals surface area contributed by atoms with Gasteiger partial charge in [-0.1, -0.05) is 43.7 Å². The molecule has 2 amide bonds. The van der Waals surface area contributed by atoms with E-state index in [-0.39, 0.29) is 19.1 Å². The van der Waals surface area contributed by atoms with Crippen LogP contribution in [0.25, 0.3) is 0 Å². The number of benzene rings is 1. The first-order valence-corrected chi connectivity index (χ1v) is 10.2. The summed E-state index contributed by atoms with van der Waals surface area (Å²) in [7, 11) is 0. The lowest BCUT2D eigenvalue weighted by atomic mass is 10.1. The van der Waals surface area contributed by atoms with Gasteiger partial charge in [-0.3, -0.25) is 14.5 Å². The molecule has 2 aliphatic heterocycles. The highest BCUT2D eigenvalue weighted by Gasteiger charge is 2.43. The fraction of sp³-hybridized carbons (Fsp3) is 0.571. The van der Waals surface area contributed by atoms with E-state index in [4.69, 9.17) is 14.3 Å². The van der Waals surface area contributed by atoms with Crippen LogP contribution in [-0.4, -0.2) is 59.8 Å². The molecule has 2 heterocycles. The Morgan fingerprint density at radius 1 is 1.24 bits per heavy atom. The Hall–Kier alpha value is -2.61. The van der Waals surface area contributed by atoms with E-state index in [9.17, 15) is 14.4 Å². The molecule has 0 unspecified atom stereocenters. The van der Waals surface area contributed by atoms with Gasteiger partial charge < -0.3 is 9.47 Å². The molecule has 0 N–H and O–H groups in total. The van der Waals surface area contributed by atoms with E-state index >= 15 is 0 Å². The highest BCUT2D eigenvalue weighted by Crippen LogP contribution is 2.24. The molecule has 1 aromatic rings. The molecule has 0 saturated carbocycles. The van der Waals surface area contributed by atoms with Gasteiger partial charge in [0.1, 0.15) is 12.6 Å². The van der Waals surface area contributed by atoms with Crippen LogP contribution in [0, 0.1) is 0 Å². The topological polar surface area (TPSA) is 85.4 Å². The Morgan fingerprint density at radius 3 is 2.72 bits per heavy atom. The summed E-state index contributed by atoms with van der Waals surface area (Å²) in [5.41, 5.74) is 0.876. The highest BCUT2D eigenvalue weighted by atomic mass is 16.7. The number of unbranched alkanes of at least 4 members (excludes halogenated alkanes) is 1. The monoisotopic (exact) mass is 404 g/mol. The minimum Gasteiger partial charge on any atom is -0.464 e. The quantitative estimate of drug-likeness (QED) is 0.376. The molecule has 1 aromatic carbocycles. The van der Waals surface area contributed by atoms with Crippen LogP contribution < -0.4 is 0 Å². The maximum Gasteiger partial charge on any atom is 0.410 e. The number of hydrogen-bond donors (Lipinski definition) is 0. The molecule has 0 bridgehead atoms. The zero-order valence-electron chi connectivity index (χ0n) is 16.7. The van der Waals surface area contributed by atoms with Crippen LogP contribution in [-0.2, 0) is 30.5 Å². The van der Waals surface area contributed by atoms with E-state index in [0.717, 1.165) is 23.5 Å². The number of carbonyl (C=O) groups excluding carboxylic acids is 3. The minimum atomic E-state index is -0.762. The smallest absolute Gasteiger partial charge is 0.410 e. The van der Waals surface area contributed by atoms with E-state index in [2.05, 4.69) is 0 Å². The summed E-state index contributed by atoms with van der Waals surface area (Å²) in [4.78, 5) is 45.0. The molecule has 3 rings (SSSR count). The maximum atomic E-state index is 13.2. The summed E-state index contributed by atoms with van der Waals surface area (Å²) in [5, 5.41) is 1.14. The van der Waals surface area contributed by atoms with E-state index in [1.54, 1.807) is 0 Å². The average Bonchev–Trinajstić information content (AvgIpc) is 3.39. The lowest BCUT2D eigenvalue weighted by Gasteiger charge is -2.31. The van der Waals surface area contributed by atoms with E-state index in [1.165, 1.54) is 4.90 Å². The van der Waals surface area contributed by atoms with Crippen molar-refractivity contribution in [1.82, 2.24) is 9.96 Å². The normalized spacial score (nSPS) is 21.1. The SMILES string of the molecule is CCCCON(C(=O)[C@@H]1CCCN1C(=O)OCc1ccccc1)[C@H]1CCOC1=O. The lowest BCUT2D eigenvalue weighted by molar-refractivity contribution is -0.206. The van der Waals surface area contributed by atoms with Gasteiger partial charge in [0.15, 0.2) is 6.04 Å². The second kappa shape index (κ2) is 10.2. The molecule has 0 radical (unpaired) electrons. The van der Waals surface area contributed by atoms with Gasteiger partial charge in [-0.25, -0.2) is 14.7 Å². The Kier molecular flexibility index (Phi) is 7.46. The molecule has 0 spiro atoms. The third kappa shape index (κ3) is 5.26. The van der Waals surface area contributed by atoms with Crippen molar-refractivity contribution in [3.05, 3.63) is 35.9 Å². The van der Waals surface area contributed by atoms with Crippen molar-refractivity contribution in [3.63, 3.8) is 0 Å². The minimum absolute atomic E-state index is 0.142. The number of hydrogen-bond acceptors (Lipinski definition) is 6. The molecule has 8 heteroatoms. The summed E-state index contributed by atoms with van der Waals surface area (Å²) >= 11 is 0. The van der Waals surface area contributed by atoms with E-state index < -0.39 is 24.1 Å². The van der Waals surface area contributed by atoms with Gasteiger partial charge in [0, 0.05) is 13.0 Å². The molecule has 2 saturated heterocycles. The Bertz CT molecular complexity index is 710. The van der Waals surface area contributed by atoms with Crippen LogP contribution in [0.15, 0.2) is 30.3 Å². The molecule has 2 aliphatic rings. The van der Waals surface area contributed by atoms with Crippen LogP contribution in [0.2, 0.25) is 0 Å². The largest absolute Gasteiger partial charge is 0.464 e. The van der Waals surface area contributed by atoms with Crippen molar-refractivity contribution in [1.29, 1.82) is 0 Å². The summed E-state index contributed by atoms with van der Waals surface area (Å²) < 4.78 is 10.4. The number of amides is 2. The fourth-order valence-corrected chi connectivity index (χ4v) is 3.50. The average molecular weight is 404 g/mol. The Labute approximate surface area is 170 Å².